The third kappa shape index (κ3) is 4.73. The number of halogens is 1. The number of thiophene rings is 1. The lowest BCUT2D eigenvalue weighted by Gasteiger charge is -2.21. The summed E-state index contributed by atoms with van der Waals surface area (Å²) in [5, 5.41) is 13.3. The summed E-state index contributed by atoms with van der Waals surface area (Å²) in [6, 6.07) is 6.88. The van der Waals surface area contributed by atoms with Gasteiger partial charge in [0.25, 0.3) is 11.8 Å². The molecule has 2 rings (SSSR count). The van der Waals surface area contributed by atoms with Crippen LogP contribution >= 0.6 is 23.3 Å². The summed E-state index contributed by atoms with van der Waals surface area (Å²) in [4.78, 5) is 24.5. The molecule has 26 heavy (non-hydrogen) atoms. The Morgan fingerprint density at radius 1 is 1.35 bits per heavy atom. The van der Waals surface area contributed by atoms with Gasteiger partial charge < -0.3 is 15.8 Å². The van der Waals surface area contributed by atoms with E-state index in [1.165, 1.54) is 37.4 Å². The van der Waals surface area contributed by atoms with Gasteiger partial charge in [-0.05, 0) is 44.2 Å². The summed E-state index contributed by atoms with van der Waals surface area (Å²) < 4.78 is 18.9. The van der Waals surface area contributed by atoms with Crippen molar-refractivity contribution >= 4 is 45.1 Å². The Hall–Kier alpha value is -2.14. The van der Waals surface area contributed by atoms with E-state index in [1.54, 1.807) is 13.8 Å². The van der Waals surface area contributed by atoms with E-state index in [2.05, 4.69) is 5.32 Å². The smallest absolute Gasteiger partial charge is 0.256 e. The number of benzene rings is 1. The zero-order valence-electron chi connectivity index (χ0n) is 14.3. The number of carbonyl (C=O) groups excluding carboxylic acids is 2. The third-order valence-electron chi connectivity index (χ3n) is 3.46. The molecule has 10 heteroatoms. The zero-order valence-corrected chi connectivity index (χ0v) is 15.9. The Bertz CT molecular complexity index is 808. The molecule has 0 radical (unpaired) electrons. The molecular weight excluding hydrogens is 381 g/mol. The quantitative estimate of drug-likeness (QED) is 0.488. The van der Waals surface area contributed by atoms with Gasteiger partial charge in [-0.2, -0.15) is 4.47 Å². The van der Waals surface area contributed by atoms with Crippen molar-refractivity contribution in [3.05, 3.63) is 41.7 Å². The minimum absolute atomic E-state index is 0.0593. The number of anilines is 2. The van der Waals surface area contributed by atoms with Crippen LogP contribution in [0, 0.1) is 5.82 Å². The van der Waals surface area contributed by atoms with E-state index in [0.717, 1.165) is 27.8 Å². The Kier molecular flexibility index (Phi) is 6.24. The number of primary amides is 1. The van der Waals surface area contributed by atoms with Crippen LogP contribution in [0.4, 0.5) is 14.4 Å². The van der Waals surface area contributed by atoms with Crippen molar-refractivity contribution in [3.8, 4) is 0 Å². The van der Waals surface area contributed by atoms with Gasteiger partial charge in [0.15, 0.2) is 0 Å². The van der Waals surface area contributed by atoms with Gasteiger partial charge in [0, 0.05) is 24.0 Å². The molecule has 0 aliphatic carbocycles. The highest BCUT2D eigenvalue weighted by atomic mass is 32.2. The van der Waals surface area contributed by atoms with E-state index in [1.807, 2.05) is 0 Å². The second-order valence-corrected chi connectivity index (χ2v) is 7.71. The number of hydrogen-bond donors (Lipinski definition) is 3. The van der Waals surface area contributed by atoms with Gasteiger partial charge in [-0.15, -0.1) is 0 Å². The molecule has 4 N–H and O–H groups in total. The maximum Gasteiger partial charge on any atom is 0.256 e. The molecule has 2 aromatic rings. The molecule has 1 heterocycles. The summed E-state index contributed by atoms with van der Waals surface area (Å²) >= 11 is 1.88. The molecule has 0 unspecified atom stereocenters. The zero-order chi connectivity index (χ0) is 19.5. The molecule has 0 bridgehead atoms. The molecule has 0 aliphatic heterocycles. The van der Waals surface area contributed by atoms with Crippen molar-refractivity contribution in [2.75, 3.05) is 16.9 Å². The lowest BCUT2D eigenvalue weighted by atomic mass is 10.1. The largest absolute Gasteiger partial charge is 0.369 e. The van der Waals surface area contributed by atoms with Crippen LogP contribution < -0.4 is 15.5 Å². The van der Waals surface area contributed by atoms with Crippen molar-refractivity contribution in [2.45, 2.75) is 24.3 Å². The fraction of sp³-hybridized carbons (Fsp3) is 0.250. The summed E-state index contributed by atoms with van der Waals surface area (Å²) in [5.41, 5.74) is 4.30. The first-order chi connectivity index (χ1) is 12.1. The first-order valence-electron chi connectivity index (χ1n) is 7.37. The number of rotatable bonds is 7. The van der Waals surface area contributed by atoms with Crippen LogP contribution in [-0.2, 0) is 9.53 Å². The molecule has 0 fully saturated rings. The van der Waals surface area contributed by atoms with Crippen molar-refractivity contribution in [1.29, 1.82) is 0 Å². The predicted molar refractivity (Wildman–Crippen MR) is 99.1 cm³/mol. The van der Waals surface area contributed by atoms with Crippen LogP contribution in [0.15, 0.2) is 35.2 Å². The fourth-order valence-electron chi connectivity index (χ4n) is 1.73. The van der Waals surface area contributed by atoms with Gasteiger partial charge in [0.1, 0.15) is 21.4 Å². The number of nitrogens with zero attached hydrogens (tertiary/aromatic N) is 1. The molecular formula is C16H18FN3O4S2. The second-order valence-electron chi connectivity index (χ2n) is 5.68. The maximum absolute atomic E-state index is 13.0. The molecule has 2 amide bonds. The monoisotopic (exact) mass is 399 g/mol. The van der Waals surface area contributed by atoms with Crippen LogP contribution in [0.5, 0.6) is 0 Å². The third-order valence-corrected chi connectivity index (χ3v) is 5.46. The van der Waals surface area contributed by atoms with Crippen molar-refractivity contribution in [1.82, 2.24) is 0 Å². The van der Waals surface area contributed by atoms with Crippen LogP contribution in [-0.4, -0.2) is 29.7 Å². The van der Waals surface area contributed by atoms with E-state index in [-0.39, 0.29) is 15.6 Å². The molecule has 7 nitrogen and oxygen atoms in total. The Morgan fingerprint density at radius 2 is 1.96 bits per heavy atom. The Balaban J connectivity index is 2.23. The highest BCUT2D eigenvalue weighted by molar-refractivity contribution is 8.00. The van der Waals surface area contributed by atoms with Crippen LogP contribution in [0.25, 0.3) is 0 Å². The lowest BCUT2D eigenvalue weighted by molar-refractivity contribution is -0.133. The lowest BCUT2D eigenvalue weighted by Crippen LogP contribution is -2.39. The van der Waals surface area contributed by atoms with E-state index in [0.29, 0.717) is 4.90 Å². The Morgan fingerprint density at radius 3 is 2.50 bits per heavy atom. The summed E-state index contributed by atoms with van der Waals surface area (Å²) in [5.74, 6) is -1.61. The van der Waals surface area contributed by atoms with E-state index >= 15 is 0 Å². The number of carbonyl (C=O) groups is 2. The van der Waals surface area contributed by atoms with E-state index in [4.69, 9.17) is 10.5 Å². The number of methoxy groups -OCH3 is 1. The van der Waals surface area contributed by atoms with Crippen molar-refractivity contribution in [3.63, 3.8) is 0 Å². The SMILES string of the molecule is COC(C)(C)C(=O)Nc1sc(N(O)Sc2ccc(F)cc2)cc1C(N)=O. The molecule has 140 valence electrons. The molecule has 0 aliphatic rings. The molecule has 0 atom stereocenters. The Labute approximate surface area is 158 Å². The minimum atomic E-state index is -1.11. The van der Waals surface area contributed by atoms with E-state index in [9.17, 15) is 19.2 Å². The normalized spacial score (nSPS) is 11.3. The number of nitrogens with two attached hydrogens (primary N) is 1. The number of amides is 2. The molecule has 0 saturated carbocycles. The van der Waals surface area contributed by atoms with Crippen molar-refractivity contribution in [2.24, 2.45) is 5.73 Å². The van der Waals surface area contributed by atoms with Gasteiger partial charge in [-0.1, -0.05) is 11.3 Å². The van der Waals surface area contributed by atoms with Gasteiger partial charge >= 0.3 is 0 Å². The van der Waals surface area contributed by atoms with Gasteiger partial charge in [-0.3, -0.25) is 14.8 Å². The van der Waals surface area contributed by atoms with Crippen LogP contribution in [0.3, 0.4) is 0 Å². The van der Waals surface area contributed by atoms with Gasteiger partial charge in [-0.25, -0.2) is 4.39 Å². The molecule has 0 spiro atoms. The highest BCUT2D eigenvalue weighted by Gasteiger charge is 2.29. The van der Waals surface area contributed by atoms with Crippen LogP contribution in [0.1, 0.15) is 24.2 Å². The highest BCUT2D eigenvalue weighted by Crippen LogP contribution is 2.38. The molecule has 0 saturated heterocycles. The maximum atomic E-state index is 13.0. The number of hydrogen-bond acceptors (Lipinski definition) is 7. The number of ether oxygens (including phenoxy) is 1. The summed E-state index contributed by atoms with van der Waals surface area (Å²) in [7, 11) is 1.39. The fourth-order valence-corrected chi connectivity index (χ4v) is 3.44. The van der Waals surface area contributed by atoms with Gasteiger partial charge in [0.2, 0.25) is 0 Å². The van der Waals surface area contributed by atoms with Crippen molar-refractivity contribution < 1.29 is 23.9 Å². The summed E-state index contributed by atoms with van der Waals surface area (Å²) in [6.45, 7) is 3.15. The average molecular weight is 399 g/mol. The standard InChI is InChI=1S/C16H18FN3O4S2/c1-16(2,24-3)15(22)19-14-11(13(18)21)8-12(25-14)20(23)26-10-6-4-9(17)5-7-10/h4-8,23H,1-3H3,(H2,18,21)(H,19,22). The first kappa shape index (κ1) is 20.2. The predicted octanol–water partition coefficient (Wildman–Crippen LogP) is 3.25. The number of nitrogens with one attached hydrogen (secondary N) is 1. The van der Waals surface area contributed by atoms with E-state index < -0.39 is 23.2 Å². The molecule has 1 aromatic heterocycles. The van der Waals surface area contributed by atoms with Gasteiger partial charge in [0.05, 0.1) is 5.56 Å². The first-order valence-corrected chi connectivity index (χ1v) is 8.96. The molecule has 1 aromatic carbocycles. The minimum Gasteiger partial charge on any atom is -0.369 e. The summed E-state index contributed by atoms with van der Waals surface area (Å²) in [6.07, 6.45) is 0. The van der Waals surface area contributed by atoms with Crippen LogP contribution in [0.2, 0.25) is 0 Å². The topological polar surface area (TPSA) is 105 Å². The second kappa shape index (κ2) is 8.04. The average Bonchev–Trinajstić information content (AvgIpc) is 3.01.